The summed E-state index contributed by atoms with van der Waals surface area (Å²) in [6.07, 6.45) is 2.67. The SMILES string of the molecule is CN(C)C=CC(=O)C1CN(C)C(=O)c2c3c(nn2C1)CCN(C(=O)O)C3. The maximum absolute atomic E-state index is 12.8. The van der Waals surface area contributed by atoms with Gasteiger partial charge < -0.3 is 19.8 Å². The molecule has 1 aromatic rings. The highest BCUT2D eigenvalue weighted by atomic mass is 16.4. The first kappa shape index (κ1) is 18.0. The largest absolute Gasteiger partial charge is 0.465 e. The van der Waals surface area contributed by atoms with E-state index < -0.39 is 12.0 Å². The first-order valence-electron chi connectivity index (χ1n) is 8.48. The summed E-state index contributed by atoms with van der Waals surface area (Å²) in [5.41, 5.74) is 1.81. The molecule has 140 valence electrons. The van der Waals surface area contributed by atoms with Crippen molar-refractivity contribution in [3.05, 3.63) is 29.2 Å². The van der Waals surface area contributed by atoms with Gasteiger partial charge in [0.1, 0.15) is 5.69 Å². The third-order valence-corrected chi connectivity index (χ3v) is 4.75. The van der Waals surface area contributed by atoms with Gasteiger partial charge in [-0.1, -0.05) is 0 Å². The van der Waals surface area contributed by atoms with Gasteiger partial charge in [0.2, 0.25) is 0 Å². The normalized spacial score (nSPS) is 20.0. The average molecular weight is 361 g/mol. The van der Waals surface area contributed by atoms with Crippen molar-refractivity contribution in [1.82, 2.24) is 24.5 Å². The molecule has 0 aliphatic carbocycles. The predicted molar refractivity (Wildman–Crippen MR) is 92.7 cm³/mol. The van der Waals surface area contributed by atoms with Gasteiger partial charge >= 0.3 is 6.09 Å². The van der Waals surface area contributed by atoms with Crippen LogP contribution in [0, 0.1) is 5.92 Å². The lowest BCUT2D eigenvalue weighted by molar-refractivity contribution is -0.118. The highest BCUT2D eigenvalue weighted by Gasteiger charge is 2.35. The van der Waals surface area contributed by atoms with Crippen LogP contribution in [0.5, 0.6) is 0 Å². The van der Waals surface area contributed by atoms with Crippen LogP contribution in [-0.4, -0.2) is 81.6 Å². The van der Waals surface area contributed by atoms with Gasteiger partial charge in [0.05, 0.1) is 24.7 Å². The van der Waals surface area contributed by atoms with Gasteiger partial charge in [0.15, 0.2) is 5.78 Å². The van der Waals surface area contributed by atoms with E-state index in [1.54, 1.807) is 22.8 Å². The molecule has 9 nitrogen and oxygen atoms in total. The summed E-state index contributed by atoms with van der Waals surface area (Å²) < 4.78 is 1.59. The molecule has 1 atom stereocenters. The summed E-state index contributed by atoms with van der Waals surface area (Å²) in [5.74, 6) is -0.678. The number of aromatic nitrogens is 2. The lowest BCUT2D eigenvalue weighted by atomic mass is 10.0. The van der Waals surface area contributed by atoms with Crippen LogP contribution in [0.25, 0.3) is 0 Å². The molecule has 0 saturated carbocycles. The minimum atomic E-state index is -1.01. The summed E-state index contributed by atoms with van der Waals surface area (Å²) in [6.45, 7) is 1.12. The van der Waals surface area contributed by atoms with Crippen LogP contribution in [0.2, 0.25) is 0 Å². The second-order valence-electron chi connectivity index (χ2n) is 6.97. The topological polar surface area (TPSA) is 99.0 Å². The van der Waals surface area contributed by atoms with Gasteiger partial charge in [0.25, 0.3) is 5.91 Å². The van der Waals surface area contributed by atoms with Crippen LogP contribution in [0.4, 0.5) is 4.79 Å². The first-order valence-corrected chi connectivity index (χ1v) is 8.48. The number of ketones is 1. The van der Waals surface area contributed by atoms with Gasteiger partial charge in [-0.25, -0.2) is 4.79 Å². The molecule has 1 N–H and O–H groups in total. The smallest absolute Gasteiger partial charge is 0.407 e. The predicted octanol–water partition coefficient (Wildman–Crippen LogP) is 0.265. The summed E-state index contributed by atoms with van der Waals surface area (Å²) in [5, 5.41) is 13.8. The Hall–Kier alpha value is -2.84. The second-order valence-corrected chi connectivity index (χ2v) is 6.97. The van der Waals surface area contributed by atoms with E-state index in [2.05, 4.69) is 5.10 Å². The zero-order chi connectivity index (χ0) is 19.0. The first-order chi connectivity index (χ1) is 12.3. The Morgan fingerprint density at radius 1 is 1.31 bits per heavy atom. The second kappa shape index (κ2) is 6.81. The van der Waals surface area contributed by atoms with E-state index in [0.29, 0.717) is 37.3 Å². The Bertz CT molecular complexity index is 782. The molecule has 2 aliphatic heterocycles. The van der Waals surface area contributed by atoms with Crippen molar-refractivity contribution < 1.29 is 19.5 Å². The molecule has 2 aliphatic rings. The van der Waals surface area contributed by atoms with Crippen LogP contribution in [0.1, 0.15) is 21.7 Å². The molecule has 1 unspecified atom stereocenters. The molecular formula is C17H23N5O4. The van der Waals surface area contributed by atoms with Gasteiger partial charge in [-0.3, -0.25) is 14.3 Å². The summed E-state index contributed by atoms with van der Waals surface area (Å²) >= 11 is 0. The number of hydrogen-bond acceptors (Lipinski definition) is 5. The quantitative estimate of drug-likeness (QED) is 0.776. The minimum absolute atomic E-state index is 0.0631. The summed E-state index contributed by atoms with van der Waals surface area (Å²) in [7, 11) is 5.33. The summed E-state index contributed by atoms with van der Waals surface area (Å²) in [4.78, 5) is 41.2. The number of hydrogen-bond donors (Lipinski definition) is 1. The molecule has 0 spiro atoms. The number of carbonyl (C=O) groups is 3. The fourth-order valence-corrected chi connectivity index (χ4v) is 3.36. The number of nitrogens with zero attached hydrogens (tertiary/aromatic N) is 5. The minimum Gasteiger partial charge on any atom is -0.465 e. The van der Waals surface area contributed by atoms with Crippen LogP contribution >= 0.6 is 0 Å². The van der Waals surface area contributed by atoms with Crippen molar-refractivity contribution >= 4 is 17.8 Å². The van der Waals surface area contributed by atoms with E-state index in [9.17, 15) is 19.5 Å². The van der Waals surface area contributed by atoms with Crippen molar-refractivity contribution in [2.45, 2.75) is 19.5 Å². The molecule has 0 bridgehead atoms. The zero-order valence-corrected chi connectivity index (χ0v) is 15.2. The molecule has 0 radical (unpaired) electrons. The number of rotatable bonds is 3. The maximum Gasteiger partial charge on any atom is 0.407 e. The molecular weight excluding hydrogens is 338 g/mol. The van der Waals surface area contributed by atoms with E-state index in [0.717, 1.165) is 5.69 Å². The zero-order valence-electron chi connectivity index (χ0n) is 15.2. The van der Waals surface area contributed by atoms with Crippen molar-refractivity contribution in [2.75, 3.05) is 34.2 Å². The van der Waals surface area contributed by atoms with Crippen LogP contribution in [-0.2, 0) is 24.3 Å². The molecule has 26 heavy (non-hydrogen) atoms. The van der Waals surface area contributed by atoms with E-state index in [4.69, 9.17) is 0 Å². The van der Waals surface area contributed by atoms with Gasteiger partial charge in [-0.15, -0.1) is 0 Å². The monoisotopic (exact) mass is 361 g/mol. The Kier molecular flexibility index (Phi) is 4.71. The van der Waals surface area contributed by atoms with Gasteiger partial charge in [-0.05, 0) is 6.08 Å². The number of carbonyl (C=O) groups excluding carboxylic acids is 2. The Morgan fingerprint density at radius 2 is 2.04 bits per heavy atom. The number of allylic oxidation sites excluding steroid dienone is 1. The van der Waals surface area contributed by atoms with E-state index >= 15 is 0 Å². The highest BCUT2D eigenvalue weighted by Crippen LogP contribution is 2.26. The van der Waals surface area contributed by atoms with Crippen molar-refractivity contribution in [2.24, 2.45) is 5.92 Å². The van der Waals surface area contributed by atoms with E-state index in [1.165, 1.54) is 15.9 Å². The van der Waals surface area contributed by atoms with Crippen molar-refractivity contribution in [1.29, 1.82) is 0 Å². The third kappa shape index (κ3) is 3.29. The van der Waals surface area contributed by atoms with Crippen molar-refractivity contribution in [3.8, 4) is 0 Å². The van der Waals surface area contributed by atoms with E-state index in [-0.39, 0.29) is 18.2 Å². The lowest BCUT2D eigenvalue weighted by Gasteiger charge is -2.24. The molecule has 0 fully saturated rings. The lowest BCUT2D eigenvalue weighted by Crippen LogP contribution is -2.36. The van der Waals surface area contributed by atoms with Crippen LogP contribution in [0.3, 0.4) is 0 Å². The molecule has 9 heteroatoms. The Balaban J connectivity index is 1.94. The standard InChI is InChI=1S/C17H23N5O4/c1-19(2)6-5-14(23)11-8-20(3)16(24)15-12-10-21(17(25)26)7-4-13(12)18-22(15)9-11/h5-6,11H,4,7-10H2,1-3H3,(H,25,26). The van der Waals surface area contributed by atoms with Crippen LogP contribution in [0.15, 0.2) is 12.3 Å². The highest BCUT2D eigenvalue weighted by molar-refractivity contribution is 5.97. The fraction of sp³-hybridized carbons (Fsp3) is 0.529. The molecule has 0 saturated heterocycles. The molecule has 1 aromatic heterocycles. The molecule has 3 heterocycles. The molecule has 0 aromatic carbocycles. The maximum atomic E-state index is 12.8. The Morgan fingerprint density at radius 3 is 2.69 bits per heavy atom. The third-order valence-electron chi connectivity index (χ3n) is 4.75. The Labute approximate surface area is 151 Å². The molecule has 3 rings (SSSR count). The molecule has 2 amide bonds. The van der Waals surface area contributed by atoms with Gasteiger partial charge in [-0.2, -0.15) is 5.10 Å². The summed E-state index contributed by atoms with van der Waals surface area (Å²) in [6, 6.07) is 0. The average Bonchev–Trinajstić information content (AvgIpc) is 2.89. The van der Waals surface area contributed by atoms with Gasteiger partial charge in [0, 0.05) is 52.4 Å². The number of fused-ring (bicyclic) bond motifs is 3. The number of carboxylic acid groups (broad SMARTS) is 1. The van der Waals surface area contributed by atoms with Crippen molar-refractivity contribution in [3.63, 3.8) is 0 Å². The fourth-order valence-electron chi connectivity index (χ4n) is 3.36. The number of amides is 2. The van der Waals surface area contributed by atoms with E-state index in [1.807, 2.05) is 14.1 Å². The van der Waals surface area contributed by atoms with Crippen LogP contribution < -0.4 is 0 Å².